The van der Waals surface area contributed by atoms with Crippen molar-refractivity contribution < 1.29 is 4.74 Å². The summed E-state index contributed by atoms with van der Waals surface area (Å²) < 4.78 is 9.21. The third kappa shape index (κ3) is 3.88. The number of aryl methyl sites for hydroxylation is 1. The zero-order valence-electron chi connectivity index (χ0n) is 12.3. The topological polar surface area (TPSA) is 69.8 Å². The molecule has 0 saturated carbocycles. The summed E-state index contributed by atoms with van der Waals surface area (Å²) in [5.74, 6) is 1.96. The van der Waals surface area contributed by atoms with Crippen molar-refractivity contribution in [1.29, 1.82) is 0 Å². The van der Waals surface area contributed by atoms with Crippen LogP contribution in [0.1, 0.15) is 18.6 Å². The Hall–Kier alpha value is -1.73. The molecule has 2 rings (SSSR count). The number of imidazole rings is 1. The van der Waals surface area contributed by atoms with Gasteiger partial charge in [-0.25, -0.2) is 4.98 Å². The Bertz CT molecular complexity index is 520. The van der Waals surface area contributed by atoms with Crippen LogP contribution in [0.4, 0.5) is 0 Å². The Balaban J connectivity index is 1.82. The summed E-state index contributed by atoms with van der Waals surface area (Å²) in [4.78, 5) is 4.22. The maximum atomic E-state index is 5.07. The molecule has 1 unspecified atom stereocenters. The van der Waals surface area contributed by atoms with E-state index in [-0.39, 0.29) is 0 Å². The van der Waals surface area contributed by atoms with Gasteiger partial charge in [-0.1, -0.05) is 0 Å². The summed E-state index contributed by atoms with van der Waals surface area (Å²) in [6.07, 6.45) is 5.55. The molecule has 0 radical (unpaired) electrons. The molecule has 0 aliphatic heterocycles. The molecule has 0 aromatic carbocycles. The zero-order chi connectivity index (χ0) is 14.4. The molecule has 2 aromatic heterocycles. The van der Waals surface area contributed by atoms with Gasteiger partial charge in [-0.3, -0.25) is 0 Å². The van der Waals surface area contributed by atoms with Crippen molar-refractivity contribution in [2.45, 2.75) is 39.5 Å². The van der Waals surface area contributed by atoms with Crippen molar-refractivity contribution in [1.82, 2.24) is 29.6 Å². The Kier molecular flexibility index (Phi) is 5.25. The molecular weight excluding hydrogens is 256 g/mol. The second-order valence-corrected chi connectivity index (χ2v) is 4.84. The average Bonchev–Trinajstić information content (AvgIpc) is 3.04. The lowest BCUT2D eigenvalue weighted by molar-refractivity contribution is 0.186. The van der Waals surface area contributed by atoms with Crippen LogP contribution >= 0.6 is 0 Å². The van der Waals surface area contributed by atoms with Crippen molar-refractivity contribution in [3.63, 3.8) is 0 Å². The second-order valence-electron chi connectivity index (χ2n) is 4.84. The van der Waals surface area contributed by atoms with E-state index in [1.165, 1.54) is 0 Å². The highest BCUT2D eigenvalue weighted by atomic mass is 16.5. The first-order chi connectivity index (χ1) is 9.70. The standard InChI is InChI=1S/C13H22N6O/c1-11(9-18-5-4-14-12(18)2)15-8-13-17-16-10-19(13)6-7-20-3/h4-5,10-11,15H,6-9H2,1-3H3. The van der Waals surface area contributed by atoms with Gasteiger partial charge in [0.2, 0.25) is 0 Å². The molecule has 7 heteroatoms. The number of aromatic nitrogens is 5. The van der Waals surface area contributed by atoms with E-state index in [4.69, 9.17) is 4.74 Å². The third-order valence-corrected chi connectivity index (χ3v) is 3.23. The molecule has 20 heavy (non-hydrogen) atoms. The molecule has 2 heterocycles. The lowest BCUT2D eigenvalue weighted by Gasteiger charge is -2.15. The normalized spacial score (nSPS) is 12.8. The second kappa shape index (κ2) is 7.16. The van der Waals surface area contributed by atoms with Gasteiger partial charge in [-0.05, 0) is 13.8 Å². The van der Waals surface area contributed by atoms with Gasteiger partial charge in [0.05, 0.1) is 13.2 Å². The molecule has 0 spiro atoms. The van der Waals surface area contributed by atoms with Gasteiger partial charge < -0.3 is 19.2 Å². The molecule has 110 valence electrons. The fourth-order valence-corrected chi connectivity index (χ4v) is 2.01. The summed E-state index contributed by atoms with van der Waals surface area (Å²) in [7, 11) is 1.69. The van der Waals surface area contributed by atoms with Crippen LogP contribution in [0.25, 0.3) is 0 Å². The van der Waals surface area contributed by atoms with E-state index in [0.717, 1.165) is 24.7 Å². The molecular formula is C13H22N6O. The van der Waals surface area contributed by atoms with E-state index in [2.05, 4.69) is 32.0 Å². The third-order valence-electron chi connectivity index (χ3n) is 3.23. The smallest absolute Gasteiger partial charge is 0.146 e. The van der Waals surface area contributed by atoms with Crippen LogP contribution in [0.15, 0.2) is 18.7 Å². The van der Waals surface area contributed by atoms with E-state index in [0.29, 0.717) is 19.2 Å². The van der Waals surface area contributed by atoms with Crippen molar-refractivity contribution in [2.24, 2.45) is 0 Å². The zero-order valence-corrected chi connectivity index (χ0v) is 12.3. The molecule has 0 bridgehead atoms. The van der Waals surface area contributed by atoms with E-state index in [1.54, 1.807) is 13.4 Å². The summed E-state index contributed by atoms with van der Waals surface area (Å²) in [5.41, 5.74) is 0. The molecule has 0 aliphatic rings. The summed E-state index contributed by atoms with van der Waals surface area (Å²) in [5, 5.41) is 11.5. The monoisotopic (exact) mass is 278 g/mol. The number of nitrogens with zero attached hydrogens (tertiary/aromatic N) is 5. The van der Waals surface area contributed by atoms with Gasteiger partial charge in [0.1, 0.15) is 18.0 Å². The Morgan fingerprint density at radius 2 is 2.25 bits per heavy atom. The molecule has 0 fully saturated rings. The minimum atomic E-state index is 0.329. The number of hydrogen-bond donors (Lipinski definition) is 1. The Morgan fingerprint density at radius 1 is 1.40 bits per heavy atom. The van der Waals surface area contributed by atoms with Crippen LogP contribution in [0.5, 0.6) is 0 Å². The highest BCUT2D eigenvalue weighted by Crippen LogP contribution is 2.00. The summed E-state index contributed by atoms with van der Waals surface area (Å²) >= 11 is 0. The number of rotatable bonds is 8. The van der Waals surface area contributed by atoms with E-state index < -0.39 is 0 Å². The maximum Gasteiger partial charge on any atom is 0.146 e. The SMILES string of the molecule is COCCn1cnnc1CNC(C)Cn1ccnc1C. The van der Waals surface area contributed by atoms with Crippen LogP contribution in [0, 0.1) is 6.92 Å². The van der Waals surface area contributed by atoms with E-state index >= 15 is 0 Å². The lowest BCUT2D eigenvalue weighted by Crippen LogP contribution is -2.31. The van der Waals surface area contributed by atoms with Gasteiger partial charge in [0, 0.05) is 38.6 Å². The van der Waals surface area contributed by atoms with E-state index in [9.17, 15) is 0 Å². The lowest BCUT2D eigenvalue weighted by atomic mass is 10.3. The first-order valence-corrected chi connectivity index (χ1v) is 6.77. The minimum absolute atomic E-state index is 0.329. The molecule has 0 saturated heterocycles. The molecule has 1 N–H and O–H groups in total. The van der Waals surface area contributed by atoms with Crippen LogP contribution in [0.3, 0.4) is 0 Å². The Labute approximate surface area is 119 Å². The van der Waals surface area contributed by atoms with Gasteiger partial charge in [-0.15, -0.1) is 10.2 Å². The fraction of sp³-hybridized carbons (Fsp3) is 0.615. The molecule has 7 nitrogen and oxygen atoms in total. The molecule has 1 atom stereocenters. The van der Waals surface area contributed by atoms with Crippen molar-refractivity contribution in [3.05, 3.63) is 30.4 Å². The fourth-order valence-electron chi connectivity index (χ4n) is 2.01. The molecule has 2 aromatic rings. The molecule has 0 aliphatic carbocycles. The van der Waals surface area contributed by atoms with Crippen molar-refractivity contribution in [2.75, 3.05) is 13.7 Å². The number of hydrogen-bond acceptors (Lipinski definition) is 5. The van der Waals surface area contributed by atoms with Crippen molar-refractivity contribution >= 4 is 0 Å². The van der Waals surface area contributed by atoms with Crippen LogP contribution in [-0.4, -0.2) is 44.1 Å². The van der Waals surface area contributed by atoms with Gasteiger partial charge >= 0.3 is 0 Å². The Morgan fingerprint density at radius 3 is 2.95 bits per heavy atom. The van der Waals surface area contributed by atoms with Crippen LogP contribution < -0.4 is 5.32 Å². The van der Waals surface area contributed by atoms with E-state index in [1.807, 2.05) is 23.9 Å². The van der Waals surface area contributed by atoms with Crippen LogP contribution in [0.2, 0.25) is 0 Å². The quantitative estimate of drug-likeness (QED) is 0.766. The molecule has 0 amide bonds. The largest absolute Gasteiger partial charge is 0.383 e. The number of ether oxygens (including phenoxy) is 1. The van der Waals surface area contributed by atoms with Gasteiger partial charge in [0.25, 0.3) is 0 Å². The van der Waals surface area contributed by atoms with Crippen LogP contribution in [-0.2, 0) is 24.4 Å². The van der Waals surface area contributed by atoms with Gasteiger partial charge in [-0.2, -0.15) is 0 Å². The average molecular weight is 278 g/mol. The summed E-state index contributed by atoms with van der Waals surface area (Å²) in [6.45, 7) is 7.17. The first-order valence-electron chi connectivity index (χ1n) is 6.77. The number of methoxy groups -OCH3 is 1. The highest BCUT2D eigenvalue weighted by molar-refractivity contribution is 4.90. The highest BCUT2D eigenvalue weighted by Gasteiger charge is 2.08. The summed E-state index contributed by atoms with van der Waals surface area (Å²) in [6, 6.07) is 0.329. The predicted octanol–water partition coefficient (Wildman–Crippen LogP) is 0.608. The number of nitrogens with one attached hydrogen (secondary N) is 1. The predicted molar refractivity (Wildman–Crippen MR) is 75.2 cm³/mol. The first kappa shape index (κ1) is 14.7. The minimum Gasteiger partial charge on any atom is -0.383 e. The maximum absolute atomic E-state index is 5.07. The van der Waals surface area contributed by atoms with Crippen molar-refractivity contribution in [3.8, 4) is 0 Å². The van der Waals surface area contributed by atoms with Gasteiger partial charge in [0.15, 0.2) is 0 Å².